The van der Waals surface area contributed by atoms with E-state index in [-0.39, 0.29) is 23.5 Å². The number of aliphatic hydroxyl groups is 2. The Hall–Kier alpha value is -0.380. The highest BCUT2D eigenvalue weighted by Crippen LogP contribution is 2.46. The summed E-state index contributed by atoms with van der Waals surface area (Å²) in [6.07, 6.45) is 3.62. The molecule has 0 aromatic carbocycles. The molecule has 0 aromatic heterocycles. The molecule has 1 heterocycles. The number of fused-ring (bicyclic) bond motifs is 1. The summed E-state index contributed by atoms with van der Waals surface area (Å²) in [5.41, 5.74) is 1.02. The second kappa shape index (κ2) is 4.95. The average molecular weight is 254 g/mol. The van der Waals surface area contributed by atoms with Gasteiger partial charge in [-0.15, -0.1) is 0 Å². The lowest BCUT2D eigenvalue weighted by Gasteiger charge is -2.31. The summed E-state index contributed by atoms with van der Waals surface area (Å²) in [4.78, 5) is 0. The van der Waals surface area contributed by atoms with E-state index in [0.717, 1.165) is 12.8 Å². The van der Waals surface area contributed by atoms with E-state index in [1.54, 1.807) is 0 Å². The lowest BCUT2D eigenvalue weighted by atomic mass is 9.78. The summed E-state index contributed by atoms with van der Waals surface area (Å²) < 4.78 is 5.72. The molecule has 1 fully saturated rings. The Kier molecular flexibility index (Phi) is 3.86. The van der Waals surface area contributed by atoms with Crippen LogP contribution < -0.4 is 0 Å². The lowest BCUT2D eigenvalue weighted by Crippen LogP contribution is -2.41. The van der Waals surface area contributed by atoms with Gasteiger partial charge < -0.3 is 14.9 Å². The van der Waals surface area contributed by atoms with Crippen LogP contribution in [0.2, 0.25) is 0 Å². The molecule has 0 unspecified atom stereocenters. The molecule has 3 nitrogen and oxygen atoms in total. The molecule has 104 valence electrons. The van der Waals surface area contributed by atoms with Crippen molar-refractivity contribution < 1.29 is 14.9 Å². The average Bonchev–Trinajstić information content (AvgIpc) is 2.89. The summed E-state index contributed by atoms with van der Waals surface area (Å²) >= 11 is 0. The van der Waals surface area contributed by atoms with E-state index >= 15 is 0 Å². The van der Waals surface area contributed by atoms with E-state index < -0.39 is 12.2 Å². The molecule has 3 heteroatoms. The monoisotopic (exact) mass is 254 g/mol. The van der Waals surface area contributed by atoms with Crippen molar-refractivity contribution in [2.24, 2.45) is 11.8 Å². The predicted octanol–water partition coefficient (Wildman–Crippen LogP) is 2.27. The second-order valence-corrected chi connectivity index (χ2v) is 6.52. The van der Waals surface area contributed by atoms with Crippen molar-refractivity contribution in [3.05, 3.63) is 11.6 Å². The Labute approximate surface area is 110 Å². The maximum Gasteiger partial charge on any atom is 0.113 e. The standard InChI is InChI=1S/C15H26O3/c1-9(2)12-11(16)8-10(3)6-5-7-15(4)14(18-15)13(12)17/h6,9,11-14,16-17H,5,7-8H2,1-4H3/b10-6-/t11-,12+,13+,14-,15-/m0/s1. The number of allylic oxidation sites excluding steroid dienone is 1. The normalized spacial score (nSPS) is 48.3. The maximum atomic E-state index is 10.5. The van der Waals surface area contributed by atoms with Crippen LogP contribution >= 0.6 is 0 Å². The van der Waals surface area contributed by atoms with Crippen molar-refractivity contribution in [2.75, 3.05) is 0 Å². The Balaban J connectivity index is 2.22. The zero-order chi connectivity index (χ0) is 13.5. The van der Waals surface area contributed by atoms with Gasteiger partial charge in [0.1, 0.15) is 6.10 Å². The fraction of sp³-hybridized carbons (Fsp3) is 0.867. The van der Waals surface area contributed by atoms with Gasteiger partial charge in [0.25, 0.3) is 0 Å². The molecule has 0 amide bonds. The van der Waals surface area contributed by atoms with Gasteiger partial charge in [-0.05, 0) is 39.0 Å². The van der Waals surface area contributed by atoms with Gasteiger partial charge >= 0.3 is 0 Å². The van der Waals surface area contributed by atoms with Crippen molar-refractivity contribution in [3.63, 3.8) is 0 Å². The molecular weight excluding hydrogens is 228 g/mol. The summed E-state index contributed by atoms with van der Waals surface area (Å²) in [5, 5.41) is 20.9. The molecule has 18 heavy (non-hydrogen) atoms. The quantitative estimate of drug-likeness (QED) is 0.557. The van der Waals surface area contributed by atoms with Crippen LogP contribution in [-0.4, -0.2) is 34.1 Å². The number of epoxide rings is 1. The molecule has 1 aliphatic carbocycles. The number of rotatable bonds is 1. The van der Waals surface area contributed by atoms with Crippen LogP contribution in [0.5, 0.6) is 0 Å². The van der Waals surface area contributed by atoms with Gasteiger partial charge in [-0.25, -0.2) is 0 Å². The largest absolute Gasteiger partial charge is 0.392 e. The molecule has 0 bridgehead atoms. The van der Waals surface area contributed by atoms with Crippen LogP contribution in [0.25, 0.3) is 0 Å². The first-order valence-electron chi connectivity index (χ1n) is 7.05. The molecule has 0 aromatic rings. The van der Waals surface area contributed by atoms with Crippen molar-refractivity contribution in [3.8, 4) is 0 Å². The van der Waals surface area contributed by atoms with E-state index in [0.29, 0.717) is 6.42 Å². The number of ether oxygens (including phenoxy) is 1. The third kappa shape index (κ3) is 2.63. The molecular formula is C15H26O3. The summed E-state index contributed by atoms with van der Waals surface area (Å²) in [5.74, 6) is 0.133. The smallest absolute Gasteiger partial charge is 0.113 e. The summed E-state index contributed by atoms with van der Waals surface area (Å²) in [6, 6.07) is 0. The molecule has 2 aliphatic rings. The Morgan fingerprint density at radius 2 is 2.06 bits per heavy atom. The highest BCUT2D eigenvalue weighted by Gasteiger charge is 2.58. The third-order valence-corrected chi connectivity index (χ3v) is 4.52. The lowest BCUT2D eigenvalue weighted by molar-refractivity contribution is -0.0236. The van der Waals surface area contributed by atoms with E-state index in [9.17, 15) is 10.2 Å². The number of hydrogen-bond acceptors (Lipinski definition) is 3. The molecule has 2 N–H and O–H groups in total. The van der Waals surface area contributed by atoms with E-state index in [2.05, 4.69) is 33.8 Å². The van der Waals surface area contributed by atoms with Gasteiger partial charge in [-0.3, -0.25) is 0 Å². The second-order valence-electron chi connectivity index (χ2n) is 6.52. The zero-order valence-corrected chi connectivity index (χ0v) is 11.9. The van der Waals surface area contributed by atoms with Crippen LogP contribution in [0, 0.1) is 11.8 Å². The van der Waals surface area contributed by atoms with Crippen molar-refractivity contribution >= 4 is 0 Å². The molecule has 5 atom stereocenters. The minimum atomic E-state index is -0.559. The topological polar surface area (TPSA) is 53.0 Å². The number of hydrogen-bond donors (Lipinski definition) is 2. The molecule has 1 saturated heterocycles. The molecule has 2 rings (SSSR count). The summed E-state index contributed by atoms with van der Waals surface area (Å²) in [7, 11) is 0. The van der Waals surface area contributed by atoms with Crippen molar-refractivity contribution in [2.45, 2.75) is 70.9 Å². The fourth-order valence-corrected chi connectivity index (χ4v) is 3.31. The first-order chi connectivity index (χ1) is 8.35. The Morgan fingerprint density at radius 1 is 1.39 bits per heavy atom. The molecule has 0 spiro atoms. The van der Waals surface area contributed by atoms with Gasteiger partial charge in [0.2, 0.25) is 0 Å². The maximum absolute atomic E-state index is 10.5. The van der Waals surface area contributed by atoms with Crippen molar-refractivity contribution in [1.82, 2.24) is 0 Å². The number of aliphatic hydroxyl groups excluding tert-OH is 2. The highest BCUT2D eigenvalue weighted by atomic mass is 16.6. The molecule has 0 saturated carbocycles. The van der Waals surface area contributed by atoms with Gasteiger partial charge in [-0.2, -0.15) is 0 Å². The van der Waals surface area contributed by atoms with E-state index in [4.69, 9.17) is 4.74 Å². The Morgan fingerprint density at radius 3 is 2.67 bits per heavy atom. The minimum absolute atomic E-state index is 0.105. The summed E-state index contributed by atoms with van der Waals surface area (Å²) in [6.45, 7) is 8.24. The predicted molar refractivity (Wildman–Crippen MR) is 71.2 cm³/mol. The van der Waals surface area contributed by atoms with Gasteiger partial charge in [0.15, 0.2) is 0 Å². The van der Waals surface area contributed by atoms with Crippen molar-refractivity contribution in [1.29, 1.82) is 0 Å². The molecule has 1 aliphatic heterocycles. The van der Waals surface area contributed by atoms with Crippen LogP contribution in [0.15, 0.2) is 11.6 Å². The van der Waals surface area contributed by atoms with Crippen LogP contribution in [0.1, 0.15) is 47.0 Å². The first kappa shape index (κ1) is 14.0. The third-order valence-electron chi connectivity index (χ3n) is 4.52. The SMILES string of the molecule is C/C1=C/CC[C@]2(C)O[C@H]2[C@H](O)[C@H](C(C)C)[C@@H](O)C1. The van der Waals surface area contributed by atoms with E-state index in [1.165, 1.54) is 5.57 Å². The molecule has 0 radical (unpaired) electrons. The van der Waals surface area contributed by atoms with Crippen LogP contribution in [-0.2, 0) is 4.74 Å². The highest BCUT2D eigenvalue weighted by molar-refractivity contribution is 5.10. The Bertz CT molecular complexity index is 337. The van der Waals surface area contributed by atoms with Crippen LogP contribution in [0.4, 0.5) is 0 Å². The van der Waals surface area contributed by atoms with Crippen LogP contribution in [0.3, 0.4) is 0 Å². The fourth-order valence-electron chi connectivity index (χ4n) is 3.31. The van der Waals surface area contributed by atoms with E-state index in [1.807, 2.05) is 0 Å². The first-order valence-corrected chi connectivity index (χ1v) is 7.05. The van der Waals surface area contributed by atoms with Gasteiger partial charge in [0.05, 0.1) is 17.8 Å². The zero-order valence-electron chi connectivity index (χ0n) is 11.9. The minimum Gasteiger partial charge on any atom is -0.392 e. The van der Waals surface area contributed by atoms with Gasteiger partial charge in [0, 0.05) is 5.92 Å². The van der Waals surface area contributed by atoms with Gasteiger partial charge in [-0.1, -0.05) is 25.5 Å².